The average Bonchev–Trinajstić information content (AvgIpc) is 2.76. The molecule has 0 saturated heterocycles. The van der Waals surface area contributed by atoms with Gasteiger partial charge in [-0.25, -0.2) is 9.78 Å². The van der Waals surface area contributed by atoms with Crippen LogP contribution in [0.5, 0.6) is 0 Å². The van der Waals surface area contributed by atoms with Gasteiger partial charge in [0.1, 0.15) is 5.01 Å². The monoisotopic (exact) mass is 263 g/mol. The van der Waals surface area contributed by atoms with E-state index < -0.39 is 5.97 Å². The highest BCUT2D eigenvalue weighted by Gasteiger charge is 2.03. The highest BCUT2D eigenvalue weighted by molar-refractivity contribution is 7.09. The van der Waals surface area contributed by atoms with Crippen molar-refractivity contribution in [1.29, 1.82) is 0 Å². The van der Waals surface area contributed by atoms with Gasteiger partial charge >= 0.3 is 5.97 Å². The Morgan fingerprint density at radius 3 is 2.83 bits per heavy atom. The van der Waals surface area contributed by atoms with Crippen LogP contribution in [0.4, 0.5) is 0 Å². The summed E-state index contributed by atoms with van der Waals surface area (Å²) in [6.45, 7) is 3.26. The lowest BCUT2D eigenvalue weighted by Crippen LogP contribution is -2.13. The zero-order valence-corrected chi connectivity index (χ0v) is 10.7. The number of aryl methyl sites for hydroxylation is 1. The second kappa shape index (κ2) is 5.70. The fraction of sp³-hybridized carbons (Fsp3) is 0.250. The third kappa shape index (κ3) is 3.35. The van der Waals surface area contributed by atoms with E-state index in [2.05, 4.69) is 15.3 Å². The first-order chi connectivity index (χ1) is 8.65. The molecule has 18 heavy (non-hydrogen) atoms. The van der Waals surface area contributed by atoms with E-state index >= 15 is 0 Å². The van der Waals surface area contributed by atoms with E-state index in [1.807, 2.05) is 12.3 Å². The Hall–Kier alpha value is -1.79. The molecule has 0 fully saturated rings. The summed E-state index contributed by atoms with van der Waals surface area (Å²) in [4.78, 5) is 19.1. The molecule has 0 bridgehead atoms. The molecule has 2 aromatic rings. The molecule has 0 aliphatic heterocycles. The Bertz CT molecular complexity index is 537. The van der Waals surface area contributed by atoms with Crippen LogP contribution in [0.25, 0.3) is 0 Å². The predicted octanol–water partition coefficient (Wildman–Crippen LogP) is 1.83. The van der Waals surface area contributed by atoms with Crippen LogP contribution < -0.4 is 5.32 Å². The summed E-state index contributed by atoms with van der Waals surface area (Å²) in [7, 11) is 0. The molecule has 2 aromatic heterocycles. The van der Waals surface area contributed by atoms with Gasteiger partial charge < -0.3 is 10.4 Å². The topological polar surface area (TPSA) is 75.1 Å². The van der Waals surface area contributed by atoms with Crippen LogP contribution in [-0.2, 0) is 13.1 Å². The minimum atomic E-state index is -0.958. The molecule has 0 atom stereocenters. The number of nitrogens with one attached hydrogen (secondary N) is 1. The first-order valence-electron chi connectivity index (χ1n) is 5.45. The lowest BCUT2D eigenvalue weighted by atomic mass is 10.2. The summed E-state index contributed by atoms with van der Waals surface area (Å²) in [5.41, 5.74) is 2.04. The van der Waals surface area contributed by atoms with Gasteiger partial charge in [-0.2, -0.15) is 0 Å². The molecule has 5 nitrogen and oxygen atoms in total. The van der Waals surface area contributed by atoms with Gasteiger partial charge in [0, 0.05) is 30.4 Å². The van der Waals surface area contributed by atoms with E-state index in [9.17, 15) is 4.79 Å². The number of nitrogens with zero attached hydrogens (tertiary/aromatic N) is 2. The van der Waals surface area contributed by atoms with E-state index in [0.717, 1.165) is 16.4 Å². The van der Waals surface area contributed by atoms with Crippen molar-refractivity contribution in [3.63, 3.8) is 0 Å². The number of carboxylic acid groups (broad SMARTS) is 1. The summed E-state index contributed by atoms with van der Waals surface area (Å²) >= 11 is 1.62. The Morgan fingerprint density at radius 1 is 1.44 bits per heavy atom. The number of carbonyl (C=O) groups is 1. The molecule has 2 rings (SSSR count). The largest absolute Gasteiger partial charge is 0.478 e. The highest BCUT2D eigenvalue weighted by Crippen LogP contribution is 2.08. The van der Waals surface area contributed by atoms with Crippen LogP contribution >= 0.6 is 11.3 Å². The molecule has 94 valence electrons. The van der Waals surface area contributed by atoms with Crippen molar-refractivity contribution in [3.05, 3.63) is 45.7 Å². The van der Waals surface area contributed by atoms with Gasteiger partial charge in [-0.3, -0.25) is 4.98 Å². The number of aromatic nitrogens is 2. The van der Waals surface area contributed by atoms with Crippen LogP contribution in [0.1, 0.15) is 26.8 Å². The Kier molecular flexibility index (Phi) is 4.01. The molecular formula is C12H13N3O2S. The molecule has 0 aromatic carbocycles. The van der Waals surface area contributed by atoms with Gasteiger partial charge in [0.15, 0.2) is 0 Å². The molecule has 0 spiro atoms. The van der Waals surface area contributed by atoms with E-state index in [1.165, 1.54) is 6.20 Å². The molecule has 2 N–H and O–H groups in total. The van der Waals surface area contributed by atoms with Crippen molar-refractivity contribution in [3.8, 4) is 0 Å². The zero-order valence-electron chi connectivity index (χ0n) is 9.88. The molecule has 0 saturated carbocycles. The quantitative estimate of drug-likeness (QED) is 0.860. The normalized spacial score (nSPS) is 10.5. The molecule has 0 radical (unpaired) electrons. The molecule has 0 amide bonds. The SMILES string of the molecule is Cc1csc(CNCc2ccc(C(=O)O)cn2)n1. The maximum absolute atomic E-state index is 10.7. The number of thiazole rings is 1. The average molecular weight is 263 g/mol. The van der Waals surface area contributed by atoms with E-state index in [-0.39, 0.29) is 5.56 Å². The Balaban J connectivity index is 1.85. The predicted molar refractivity (Wildman–Crippen MR) is 68.6 cm³/mol. The summed E-state index contributed by atoms with van der Waals surface area (Å²) < 4.78 is 0. The van der Waals surface area contributed by atoms with E-state index in [4.69, 9.17) is 5.11 Å². The van der Waals surface area contributed by atoms with Crippen molar-refractivity contribution < 1.29 is 9.90 Å². The fourth-order valence-electron chi connectivity index (χ4n) is 1.44. The standard InChI is InChI=1S/C12H13N3O2S/c1-8-7-18-11(15-8)6-13-5-10-3-2-9(4-14-10)12(16)17/h2-4,7,13H,5-6H2,1H3,(H,16,17). The van der Waals surface area contributed by atoms with Crippen molar-refractivity contribution >= 4 is 17.3 Å². The first kappa shape index (κ1) is 12.7. The van der Waals surface area contributed by atoms with Gasteiger partial charge in [-0.15, -0.1) is 11.3 Å². The second-order valence-corrected chi connectivity index (χ2v) is 4.77. The number of carboxylic acids is 1. The third-order valence-corrected chi connectivity index (χ3v) is 3.29. The minimum Gasteiger partial charge on any atom is -0.478 e. The van der Waals surface area contributed by atoms with Gasteiger partial charge in [0.25, 0.3) is 0 Å². The summed E-state index contributed by atoms with van der Waals surface area (Å²) in [5.74, 6) is -0.958. The van der Waals surface area contributed by atoms with Gasteiger partial charge in [-0.05, 0) is 19.1 Å². The maximum Gasteiger partial charge on any atom is 0.337 e. The second-order valence-electron chi connectivity index (χ2n) is 3.83. The Labute approximate surface area is 109 Å². The van der Waals surface area contributed by atoms with Gasteiger partial charge in [0.2, 0.25) is 0 Å². The lowest BCUT2D eigenvalue weighted by molar-refractivity contribution is 0.0696. The van der Waals surface area contributed by atoms with Crippen LogP contribution in [0.3, 0.4) is 0 Å². The summed E-state index contributed by atoms with van der Waals surface area (Å²) in [6, 6.07) is 3.27. The van der Waals surface area contributed by atoms with Crippen molar-refractivity contribution in [2.75, 3.05) is 0 Å². The molecule has 0 unspecified atom stereocenters. The maximum atomic E-state index is 10.7. The molecule has 0 aliphatic rings. The van der Waals surface area contributed by atoms with E-state index in [0.29, 0.717) is 13.1 Å². The van der Waals surface area contributed by atoms with Crippen LogP contribution in [0.2, 0.25) is 0 Å². The van der Waals surface area contributed by atoms with Gasteiger partial charge in [-0.1, -0.05) is 0 Å². The lowest BCUT2D eigenvalue weighted by Gasteiger charge is -2.02. The zero-order chi connectivity index (χ0) is 13.0. The van der Waals surface area contributed by atoms with E-state index in [1.54, 1.807) is 23.5 Å². The van der Waals surface area contributed by atoms with Crippen LogP contribution in [-0.4, -0.2) is 21.0 Å². The molecule has 2 heterocycles. The smallest absolute Gasteiger partial charge is 0.337 e. The fourth-order valence-corrected chi connectivity index (χ4v) is 2.18. The van der Waals surface area contributed by atoms with Crippen molar-refractivity contribution in [2.45, 2.75) is 20.0 Å². The number of pyridine rings is 1. The molecular weight excluding hydrogens is 250 g/mol. The number of hydrogen-bond donors (Lipinski definition) is 2. The third-order valence-electron chi connectivity index (χ3n) is 2.32. The number of hydrogen-bond acceptors (Lipinski definition) is 5. The Morgan fingerprint density at radius 2 is 2.28 bits per heavy atom. The van der Waals surface area contributed by atoms with Crippen molar-refractivity contribution in [1.82, 2.24) is 15.3 Å². The minimum absolute atomic E-state index is 0.203. The highest BCUT2D eigenvalue weighted by atomic mass is 32.1. The summed E-state index contributed by atoms with van der Waals surface area (Å²) in [5, 5.41) is 15.0. The van der Waals surface area contributed by atoms with Crippen molar-refractivity contribution in [2.24, 2.45) is 0 Å². The molecule has 6 heteroatoms. The number of rotatable bonds is 5. The molecule has 0 aliphatic carbocycles. The van der Waals surface area contributed by atoms with Gasteiger partial charge in [0.05, 0.1) is 11.3 Å². The summed E-state index contributed by atoms with van der Waals surface area (Å²) in [6.07, 6.45) is 1.37. The van der Waals surface area contributed by atoms with Crippen LogP contribution in [0, 0.1) is 6.92 Å². The van der Waals surface area contributed by atoms with Crippen LogP contribution in [0.15, 0.2) is 23.7 Å². The first-order valence-corrected chi connectivity index (χ1v) is 6.33. The number of aromatic carboxylic acids is 1.